The van der Waals surface area contributed by atoms with Crippen molar-refractivity contribution in [2.45, 2.75) is 19.8 Å². The number of carbonyl (C=O) groups excluding carboxylic acids is 1. The summed E-state index contributed by atoms with van der Waals surface area (Å²) < 4.78 is 1.02. The number of ketones is 1. The van der Waals surface area contributed by atoms with Crippen LogP contribution in [0.5, 0.6) is 0 Å². The Morgan fingerprint density at radius 3 is 2.56 bits per heavy atom. The van der Waals surface area contributed by atoms with E-state index < -0.39 is 0 Å². The van der Waals surface area contributed by atoms with Crippen LogP contribution in [-0.2, 0) is 17.6 Å². The van der Waals surface area contributed by atoms with E-state index in [9.17, 15) is 4.79 Å². The van der Waals surface area contributed by atoms with Crippen LogP contribution in [0.25, 0.3) is 0 Å². The largest absolute Gasteiger partial charge is 0.299 e. The molecule has 0 unspecified atom stereocenters. The molecule has 0 aromatic heterocycles. The van der Waals surface area contributed by atoms with Gasteiger partial charge in [-0.3, -0.25) is 4.79 Å². The first kappa shape index (κ1) is 13.0. The number of benzene rings is 2. The standard InChI is InChI=1S/C16H15BrO/c1-12-5-2-3-7-14(12)11-16(18)10-13-6-4-8-15(17)9-13/h2-9H,10-11H2,1H3. The molecule has 0 aliphatic rings. The summed E-state index contributed by atoms with van der Waals surface area (Å²) in [6, 6.07) is 16.0. The molecule has 0 aliphatic carbocycles. The monoisotopic (exact) mass is 302 g/mol. The molecule has 0 spiro atoms. The van der Waals surface area contributed by atoms with Gasteiger partial charge in [-0.1, -0.05) is 52.3 Å². The van der Waals surface area contributed by atoms with Crippen molar-refractivity contribution in [1.29, 1.82) is 0 Å². The van der Waals surface area contributed by atoms with Crippen molar-refractivity contribution in [1.82, 2.24) is 0 Å². The molecule has 0 atom stereocenters. The minimum absolute atomic E-state index is 0.252. The van der Waals surface area contributed by atoms with Gasteiger partial charge in [0.25, 0.3) is 0 Å². The van der Waals surface area contributed by atoms with Crippen LogP contribution in [0.4, 0.5) is 0 Å². The van der Waals surface area contributed by atoms with Crippen molar-refractivity contribution >= 4 is 21.7 Å². The van der Waals surface area contributed by atoms with Crippen LogP contribution in [0.1, 0.15) is 16.7 Å². The smallest absolute Gasteiger partial charge is 0.141 e. The summed E-state index contributed by atoms with van der Waals surface area (Å²) in [5.74, 6) is 0.252. The Kier molecular flexibility index (Phi) is 4.32. The number of Topliss-reactive ketones (excluding diaryl/α,β-unsaturated/α-hetero) is 1. The predicted octanol–water partition coefficient (Wildman–Crippen LogP) is 4.11. The maximum Gasteiger partial charge on any atom is 0.141 e. The van der Waals surface area contributed by atoms with Gasteiger partial charge in [-0.15, -0.1) is 0 Å². The third-order valence-electron chi connectivity index (χ3n) is 2.94. The van der Waals surface area contributed by atoms with Gasteiger partial charge >= 0.3 is 0 Å². The summed E-state index contributed by atoms with van der Waals surface area (Å²) in [6.45, 7) is 2.04. The second-order valence-electron chi connectivity index (χ2n) is 4.45. The first-order valence-corrected chi connectivity index (χ1v) is 6.75. The molecule has 2 aromatic carbocycles. The third-order valence-corrected chi connectivity index (χ3v) is 3.43. The molecule has 18 heavy (non-hydrogen) atoms. The van der Waals surface area contributed by atoms with Gasteiger partial charge in [-0.05, 0) is 35.7 Å². The lowest BCUT2D eigenvalue weighted by Gasteiger charge is -2.05. The van der Waals surface area contributed by atoms with Crippen LogP contribution in [0.15, 0.2) is 53.0 Å². The highest BCUT2D eigenvalue weighted by atomic mass is 79.9. The molecule has 0 radical (unpaired) electrons. The van der Waals surface area contributed by atoms with Gasteiger partial charge in [-0.2, -0.15) is 0 Å². The van der Waals surface area contributed by atoms with E-state index in [1.807, 2.05) is 55.5 Å². The van der Waals surface area contributed by atoms with Crippen LogP contribution in [0.2, 0.25) is 0 Å². The van der Waals surface area contributed by atoms with E-state index in [1.165, 1.54) is 5.56 Å². The lowest BCUT2D eigenvalue weighted by molar-refractivity contribution is -0.117. The lowest BCUT2D eigenvalue weighted by Crippen LogP contribution is -2.07. The molecular weight excluding hydrogens is 288 g/mol. The molecule has 2 heteroatoms. The van der Waals surface area contributed by atoms with Gasteiger partial charge in [-0.25, -0.2) is 0 Å². The Balaban J connectivity index is 2.03. The fourth-order valence-electron chi connectivity index (χ4n) is 1.96. The van der Waals surface area contributed by atoms with Crippen LogP contribution >= 0.6 is 15.9 Å². The summed E-state index contributed by atoms with van der Waals surface area (Å²) in [5.41, 5.74) is 3.36. The maximum absolute atomic E-state index is 12.0. The summed E-state index contributed by atoms with van der Waals surface area (Å²) in [5, 5.41) is 0. The Morgan fingerprint density at radius 1 is 1.06 bits per heavy atom. The summed E-state index contributed by atoms with van der Waals surface area (Å²) in [7, 11) is 0. The summed E-state index contributed by atoms with van der Waals surface area (Å²) in [4.78, 5) is 12.0. The highest BCUT2D eigenvalue weighted by Gasteiger charge is 2.07. The fraction of sp³-hybridized carbons (Fsp3) is 0.188. The second kappa shape index (κ2) is 5.96. The van der Waals surface area contributed by atoms with Gasteiger partial charge in [0, 0.05) is 17.3 Å². The minimum Gasteiger partial charge on any atom is -0.299 e. The first-order chi connectivity index (χ1) is 8.65. The molecular formula is C16H15BrO. The Morgan fingerprint density at radius 2 is 1.83 bits per heavy atom. The van der Waals surface area contributed by atoms with E-state index in [0.717, 1.165) is 15.6 Å². The molecule has 92 valence electrons. The molecule has 0 saturated carbocycles. The molecule has 2 aromatic rings. The van der Waals surface area contributed by atoms with Crippen LogP contribution < -0.4 is 0 Å². The van der Waals surface area contributed by atoms with E-state index in [4.69, 9.17) is 0 Å². The third kappa shape index (κ3) is 3.54. The molecule has 0 heterocycles. The average Bonchev–Trinajstić information content (AvgIpc) is 2.32. The molecule has 0 N–H and O–H groups in total. The van der Waals surface area contributed by atoms with Gasteiger partial charge in [0.2, 0.25) is 0 Å². The molecule has 0 saturated heterocycles. The lowest BCUT2D eigenvalue weighted by atomic mass is 10.00. The van der Waals surface area contributed by atoms with Crippen molar-refractivity contribution in [2.24, 2.45) is 0 Å². The normalized spacial score (nSPS) is 10.3. The van der Waals surface area contributed by atoms with Crippen molar-refractivity contribution in [3.05, 3.63) is 69.7 Å². The number of halogens is 1. The zero-order chi connectivity index (χ0) is 13.0. The van der Waals surface area contributed by atoms with Gasteiger partial charge in [0.05, 0.1) is 0 Å². The van der Waals surface area contributed by atoms with Crippen molar-refractivity contribution in [3.8, 4) is 0 Å². The molecule has 0 bridgehead atoms. The van der Waals surface area contributed by atoms with Crippen molar-refractivity contribution in [3.63, 3.8) is 0 Å². The molecule has 0 fully saturated rings. The molecule has 0 amide bonds. The van der Waals surface area contributed by atoms with Crippen LogP contribution in [0, 0.1) is 6.92 Å². The quantitative estimate of drug-likeness (QED) is 0.830. The van der Waals surface area contributed by atoms with E-state index >= 15 is 0 Å². The first-order valence-electron chi connectivity index (χ1n) is 5.96. The van der Waals surface area contributed by atoms with Gasteiger partial charge in [0.1, 0.15) is 5.78 Å². The fourth-order valence-corrected chi connectivity index (χ4v) is 2.40. The van der Waals surface area contributed by atoms with Crippen molar-refractivity contribution < 1.29 is 4.79 Å². The predicted molar refractivity (Wildman–Crippen MR) is 77.7 cm³/mol. The zero-order valence-corrected chi connectivity index (χ0v) is 11.9. The molecule has 1 nitrogen and oxygen atoms in total. The Labute approximate surface area is 116 Å². The highest BCUT2D eigenvalue weighted by molar-refractivity contribution is 9.10. The Bertz CT molecular complexity index is 561. The number of carbonyl (C=O) groups is 1. The minimum atomic E-state index is 0.252. The second-order valence-corrected chi connectivity index (χ2v) is 5.36. The van der Waals surface area contributed by atoms with Gasteiger partial charge < -0.3 is 0 Å². The maximum atomic E-state index is 12.0. The number of aryl methyl sites for hydroxylation is 1. The molecule has 2 rings (SSSR count). The van der Waals surface area contributed by atoms with E-state index in [-0.39, 0.29) is 5.78 Å². The van der Waals surface area contributed by atoms with Crippen molar-refractivity contribution in [2.75, 3.05) is 0 Å². The molecule has 0 aliphatic heterocycles. The topological polar surface area (TPSA) is 17.1 Å². The number of hydrogen-bond acceptors (Lipinski definition) is 1. The van der Waals surface area contributed by atoms with Gasteiger partial charge in [0.15, 0.2) is 0 Å². The Hall–Kier alpha value is -1.41. The summed E-state index contributed by atoms with van der Waals surface area (Å²) >= 11 is 3.42. The van der Waals surface area contributed by atoms with Crippen LogP contribution in [0.3, 0.4) is 0 Å². The average molecular weight is 303 g/mol. The highest BCUT2D eigenvalue weighted by Crippen LogP contribution is 2.14. The van der Waals surface area contributed by atoms with E-state index in [0.29, 0.717) is 12.8 Å². The van der Waals surface area contributed by atoms with E-state index in [1.54, 1.807) is 0 Å². The summed E-state index contributed by atoms with van der Waals surface area (Å²) in [6.07, 6.45) is 1.01. The van der Waals surface area contributed by atoms with E-state index in [2.05, 4.69) is 15.9 Å². The SMILES string of the molecule is Cc1ccccc1CC(=O)Cc1cccc(Br)c1. The number of rotatable bonds is 4. The zero-order valence-electron chi connectivity index (χ0n) is 10.3. The number of hydrogen-bond donors (Lipinski definition) is 0. The van der Waals surface area contributed by atoms with Crippen LogP contribution in [-0.4, -0.2) is 5.78 Å².